The van der Waals surface area contributed by atoms with Crippen LogP contribution >= 0.6 is 0 Å². The Hall–Kier alpha value is -3.25. The molecular weight excluding hydrogens is 392 g/mol. The van der Waals surface area contributed by atoms with E-state index in [0.717, 1.165) is 6.42 Å². The van der Waals surface area contributed by atoms with Crippen LogP contribution in [0.1, 0.15) is 32.1 Å². The largest absolute Gasteiger partial charge is 0.370 e. The number of anilines is 1. The number of benzene rings is 1. The van der Waals surface area contributed by atoms with Crippen LogP contribution in [-0.2, 0) is 9.59 Å². The Morgan fingerprint density at radius 3 is 2.33 bits per heavy atom. The predicted molar refractivity (Wildman–Crippen MR) is 114 cm³/mol. The number of nitro benzene ring substituents is 1. The number of carbonyl (C=O) groups excluding carboxylic acids is 2. The molecule has 0 fully saturated rings. The first-order chi connectivity index (χ1) is 14.2. The lowest BCUT2D eigenvalue weighted by molar-refractivity contribution is -0.384. The molecule has 1 rings (SSSR count). The molecule has 1 aromatic rings. The lowest BCUT2D eigenvalue weighted by atomic mass is 10.1. The fourth-order valence-electron chi connectivity index (χ4n) is 2.61. The molecule has 0 radical (unpaired) electrons. The monoisotopic (exact) mass is 422 g/mol. The van der Waals surface area contributed by atoms with Gasteiger partial charge in [-0.2, -0.15) is 0 Å². The van der Waals surface area contributed by atoms with E-state index in [2.05, 4.69) is 16.0 Å². The summed E-state index contributed by atoms with van der Waals surface area (Å²) in [5.74, 6) is -1.11. The van der Waals surface area contributed by atoms with Crippen molar-refractivity contribution in [1.82, 2.24) is 10.6 Å². The summed E-state index contributed by atoms with van der Waals surface area (Å²) in [4.78, 5) is 35.2. The lowest BCUT2D eigenvalue weighted by Crippen LogP contribution is -2.50. The van der Waals surface area contributed by atoms with Gasteiger partial charge in [0.2, 0.25) is 11.8 Å². The van der Waals surface area contributed by atoms with Gasteiger partial charge in [-0.15, -0.1) is 0 Å². The van der Waals surface area contributed by atoms with Crippen molar-refractivity contribution in [3.63, 3.8) is 0 Å². The fraction of sp³-hybridized carbons (Fsp3) is 0.500. The summed E-state index contributed by atoms with van der Waals surface area (Å²) in [6.07, 6.45) is 2.64. The summed E-state index contributed by atoms with van der Waals surface area (Å²) in [7, 11) is 0. The van der Waals surface area contributed by atoms with Gasteiger partial charge in [-0.1, -0.05) is 6.42 Å². The molecule has 0 unspecified atom stereocenters. The van der Waals surface area contributed by atoms with Gasteiger partial charge in [-0.25, -0.2) is 0 Å². The molecular formula is C18H30N8O4. The molecule has 2 atom stereocenters. The van der Waals surface area contributed by atoms with Gasteiger partial charge in [-0.05, 0) is 44.4 Å². The number of amides is 2. The number of rotatable bonds is 13. The van der Waals surface area contributed by atoms with E-state index in [4.69, 9.17) is 22.6 Å². The maximum atomic E-state index is 12.7. The quantitative estimate of drug-likeness (QED) is 0.0736. The maximum Gasteiger partial charge on any atom is 0.269 e. The standard InChI is InChI=1S/C18H30N8O4/c19-10-2-1-4-14(20)16(27)25-15(5-3-11-23-18(21)22)17(28)24-12-6-8-13(9-7-12)26(29)30/h6-9,14-15H,1-5,10-11,19-20H2,(H,24,28)(H,25,27)(H4,21,22,23)/t14-,15-/m0/s1. The normalized spacial score (nSPS) is 12.5. The molecule has 12 heteroatoms. The summed E-state index contributed by atoms with van der Waals surface area (Å²) in [6, 6.07) is 3.72. The van der Waals surface area contributed by atoms with Crippen LogP contribution in [0.3, 0.4) is 0 Å². The Bertz CT molecular complexity index is 725. The first-order valence-electron chi connectivity index (χ1n) is 9.63. The number of unbranched alkanes of at least 4 members (excludes halogenated alkanes) is 1. The van der Waals surface area contributed by atoms with Gasteiger partial charge in [0.25, 0.3) is 5.69 Å². The Balaban J connectivity index is 2.74. The van der Waals surface area contributed by atoms with Gasteiger partial charge in [0.1, 0.15) is 6.04 Å². The third kappa shape index (κ3) is 9.30. The van der Waals surface area contributed by atoms with Crippen LogP contribution in [0.5, 0.6) is 0 Å². The third-order valence-electron chi connectivity index (χ3n) is 4.27. The van der Waals surface area contributed by atoms with E-state index in [-0.39, 0.29) is 18.1 Å². The minimum Gasteiger partial charge on any atom is -0.370 e. The molecule has 10 N–H and O–H groups in total. The lowest BCUT2D eigenvalue weighted by Gasteiger charge is -2.21. The molecule has 0 aliphatic carbocycles. The summed E-state index contributed by atoms with van der Waals surface area (Å²) in [6.45, 7) is 0.868. The van der Waals surface area contributed by atoms with E-state index >= 15 is 0 Å². The number of hydrogen-bond acceptors (Lipinski definition) is 7. The Labute approximate surface area is 174 Å². The second-order valence-corrected chi connectivity index (χ2v) is 6.73. The molecule has 30 heavy (non-hydrogen) atoms. The second-order valence-electron chi connectivity index (χ2n) is 6.73. The van der Waals surface area contributed by atoms with Crippen LogP contribution in [0.25, 0.3) is 0 Å². The summed E-state index contributed by atoms with van der Waals surface area (Å²) >= 11 is 0. The number of nitrogens with one attached hydrogen (secondary N) is 4. The second kappa shape index (κ2) is 13.1. The van der Waals surface area contributed by atoms with E-state index < -0.39 is 28.8 Å². The van der Waals surface area contributed by atoms with E-state index in [0.29, 0.717) is 38.0 Å². The number of nitrogens with zero attached hydrogens (tertiary/aromatic N) is 1. The van der Waals surface area contributed by atoms with E-state index in [1.807, 2.05) is 0 Å². The van der Waals surface area contributed by atoms with Gasteiger partial charge in [0.15, 0.2) is 5.96 Å². The number of guanidine groups is 1. The van der Waals surface area contributed by atoms with Gasteiger partial charge in [0, 0.05) is 24.4 Å². The number of non-ortho nitro benzene ring substituents is 1. The zero-order valence-corrected chi connectivity index (χ0v) is 16.7. The molecule has 1 aromatic carbocycles. The molecule has 0 heterocycles. The number of nitro groups is 1. The molecule has 0 aliphatic heterocycles. The van der Waals surface area contributed by atoms with Crippen molar-refractivity contribution in [2.45, 2.75) is 44.2 Å². The topological polar surface area (TPSA) is 215 Å². The molecule has 2 amide bonds. The number of hydrogen-bond donors (Lipinski definition) is 7. The van der Waals surface area contributed by atoms with Crippen molar-refractivity contribution in [3.8, 4) is 0 Å². The van der Waals surface area contributed by atoms with Crippen molar-refractivity contribution in [2.24, 2.45) is 17.2 Å². The van der Waals surface area contributed by atoms with Crippen LogP contribution < -0.4 is 33.2 Å². The molecule has 0 aliphatic rings. The average Bonchev–Trinajstić information content (AvgIpc) is 2.70. The highest BCUT2D eigenvalue weighted by Crippen LogP contribution is 2.16. The molecule has 0 aromatic heterocycles. The summed E-state index contributed by atoms with van der Waals surface area (Å²) < 4.78 is 0. The van der Waals surface area contributed by atoms with Gasteiger partial charge in [-0.3, -0.25) is 25.1 Å². The highest BCUT2D eigenvalue weighted by molar-refractivity contribution is 5.97. The molecule has 0 saturated heterocycles. The van der Waals surface area contributed by atoms with Crippen molar-refractivity contribution in [2.75, 3.05) is 18.4 Å². The van der Waals surface area contributed by atoms with Crippen molar-refractivity contribution in [1.29, 1.82) is 5.41 Å². The van der Waals surface area contributed by atoms with Gasteiger partial charge >= 0.3 is 0 Å². The summed E-state index contributed by atoms with van der Waals surface area (Å²) in [5, 5.41) is 25.8. The van der Waals surface area contributed by atoms with Gasteiger partial charge in [0.05, 0.1) is 11.0 Å². The van der Waals surface area contributed by atoms with Crippen molar-refractivity contribution < 1.29 is 14.5 Å². The Kier molecular flexibility index (Phi) is 10.8. The minimum atomic E-state index is -0.873. The van der Waals surface area contributed by atoms with Crippen molar-refractivity contribution in [3.05, 3.63) is 34.4 Å². The number of carbonyl (C=O) groups is 2. The first-order valence-corrected chi connectivity index (χ1v) is 9.63. The third-order valence-corrected chi connectivity index (χ3v) is 4.27. The van der Waals surface area contributed by atoms with Crippen LogP contribution in [0.2, 0.25) is 0 Å². The molecule has 0 spiro atoms. The van der Waals surface area contributed by atoms with Crippen molar-refractivity contribution >= 4 is 29.1 Å². The summed E-state index contributed by atoms with van der Waals surface area (Å²) in [5.41, 5.74) is 16.8. The SMILES string of the molecule is N=C(N)NCCC[C@H](NC(=O)[C@@H](N)CCCCN)C(=O)Nc1ccc([N+](=O)[O-])cc1. The fourth-order valence-corrected chi connectivity index (χ4v) is 2.61. The van der Waals surface area contributed by atoms with Crippen LogP contribution in [0.4, 0.5) is 11.4 Å². The van der Waals surface area contributed by atoms with E-state index in [9.17, 15) is 19.7 Å². The highest BCUT2D eigenvalue weighted by atomic mass is 16.6. The molecule has 0 saturated carbocycles. The van der Waals surface area contributed by atoms with E-state index in [1.165, 1.54) is 24.3 Å². The van der Waals surface area contributed by atoms with Crippen LogP contribution in [0.15, 0.2) is 24.3 Å². The predicted octanol–water partition coefficient (Wildman–Crippen LogP) is -0.262. The Morgan fingerprint density at radius 1 is 1.10 bits per heavy atom. The molecule has 166 valence electrons. The minimum absolute atomic E-state index is 0.100. The van der Waals surface area contributed by atoms with Gasteiger partial charge < -0.3 is 33.2 Å². The van der Waals surface area contributed by atoms with Crippen LogP contribution in [0, 0.1) is 15.5 Å². The zero-order chi connectivity index (χ0) is 22.5. The van der Waals surface area contributed by atoms with E-state index in [1.54, 1.807) is 0 Å². The first kappa shape index (κ1) is 24.8. The molecule has 12 nitrogen and oxygen atoms in total. The number of nitrogens with two attached hydrogens (primary N) is 3. The molecule has 0 bridgehead atoms. The smallest absolute Gasteiger partial charge is 0.269 e. The maximum absolute atomic E-state index is 12.7. The average molecular weight is 422 g/mol. The van der Waals surface area contributed by atoms with Crippen LogP contribution in [-0.4, -0.2) is 47.9 Å². The Morgan fingerprint density at radius 2 is 1.77 bits per heavy atom. The zero-order valence-electron chi connectivity index (χ0n) is 16.7. The highest BCUT2D eigenvalue weighted by Gasteiger charge is 2.23.